The number of fused-ring (bicyclic) bond motifs is 1. The summed E-state index contributed by atoms with van der Waals surface area (Å²) >= 11 is 0. The molecular formula is C15H19NO2. The standard InChI is InChI=1S/C15H19NO2/c1-15-8-7-13(15)9-16(11-15)14(17)18-10-12-5-3-2-4-6-12/h2-6,13H,7-11H2,1H3. The van der Waals surface area contributed by atoms with Gasteiger partial charge in [0, 0.05) is 13.1 Å². The number of hydrogen-bond donors (Lipinski definition) is 0. The number of amides is 1. The number of hydrogen-bond acceptors (Lipinski definition) is 2. The Morgan fingerprint density at radius 1 is 1.44 bits per heavy atom. The zero-order valence-corrected chi connectivity index (χ0v) is 10.8. The van der Waals surface area contributed by atoms with Gasteiger partial charge in [0.15, 0.2) is 0 Å². The third-order valence-electron chi connectivity index (χ3n) is 4.51. The van der Waals surface area contributed by atoms with E-state index in [-0.39, 0.29) is 6.09 Å². The van der Waals surface area contributed by atoms with E-state index >= 15 is 0 Å². The Balaban J connectivity index is 1.54. The van der Waals surface area contributed by atoms with Crippen molar-refractivity contribution in [2.45, 2.75) is 26.4 Å². The zero-order chi connectivity index (χ0) is 12.6. The number of benzene rings is 1. The van der Waals surface area contributed by atoms with Gasteiger partial charge in [-0.1, -0.05) is 37.3 Å². The van der Waals surface area contributed by atoms with Crippen molar-refractivity contribution in [1.29, 1.82) is 0 Å². The number of ether oxygens (including phenoxy) is 1. The molecule has 1 aromatic carbocycles. The molecule has 3 nitrogen and oxygen atoms in total. The van der Waals surface area contributed by atoms with Crippen LogP contribution in [-0.2, 0) is 11.3 Å². The van der Waals surface area contributed by atoms with Gasteiger partial charge in [-0.05, 0) is 29.7 Å². The summed E-state index contributed by atoms with van der Waals surface area (Å²) in [5.74, 6) is 0.696. The van der Waals surface area contributed by atoms with Crippen molar-refractivity contribution in [3.63, 3.8) is 0 Å². The van der Waals surface area contributed by atoms with E-state index in [1.54, 1.807) is 0 Å². The van der Waals surface area contributed by atoms with Crippen molar-refractivity contribution in [3.05, 3.63) is 35.9 Å². The van der Waals surface area contributed by atoms with Crippen LogP contribution in [0.1, 0.15) is 25.3 Å². The smallest absolute Gasteiger partial charge is 0.410 e. The fourth-order valence-corrected chi connectivity index (χ4v) is 3.08. The van der Waals surface area contributed by atoms with Crippen molar-refractivity contribution in [2.75, 3.05) is 13.1 Å². The van der Waals surface area contributed by atoms with Gasteiger partial charge in [-0.25, -0.2) is 4.79 Å². The summed E-state index contributed by atoms with van der Waals surface area (Å²) < 4.78 is 5.37. The topological polar surface area (TPSA) is 29.5 Å². The highest BCUT2D eigenvalue weighted by atomic mass is 16.6. The molecule has 2 unspecified atom stereocenters. The number of carbonyl (C=O) groups excluding carboxylic acids is 1. The van der Waals surface area contributed by atoms with Crippen LogP contribution >= 0.6 is 0 Å². The first-order valence-corrected chi connectivity index (χ1v) is 6.63. The van der Waals surface area contributed by atoms with Crippen LogP contribution in [0.2, 0.25) is 0 Å². The van der Waals surface area contributed by atoms with Crippen molar-refractivity contribution < 1.29 is 9.53 Å². The predicted molar refractivity (Wildman–Crippen MR) is 69.0 cm³/mol. The summed E-state index contributed by atoms with van der Waals surface area (Å²) in [5.41, 5.74) is 1.41. The third-order valence-corrected chi connectivity index (χ3v) is 4.51. The minimum absolute atomic E-state index is 0.158. The van der Waals surface area contributed by atoms with Crippen molar-refractivity contribution in [2.24, 2.45) is 11.3 Å². The molecule has 2 atom stereocenters. The first-order valence-electron chi connectivity index (χ1n) is 6.63. The van der Waals surface area contributed by atoms with Gasteiger partial charge in [0.1, 0.15) is 6.61 Å². The average molecular weight is 245 g/mol. The largest absolute Gasteiger partial charge is 0.445 e. The van der Waals surface area contributed by atoms with Crippen molar-refractivity contribution >= 4 is 6.09 Å². The van der Waals surface area contributed by atoms with Gasteiger partial charge in [0.05, 0.1) is 0 Å². The lowest BCUT2D eigenvalue weighted by atomic mass is 9.64. The molecule has 3 rings (SSSR count). The number of likely N-dealkylation sites (tertiary alicyclic amines) is 1. The molecule has 1 aliphatic carbocycles. The molecule has 18 heavy (non-hydrogen) atoms. The van der Waals surface area contributed by atoms with Crippen LogP contribution in [-0.4, -0.2) is 24.1 Å². The minimum atomic E-state index is -0.158. The second kappa shape index (κ2) is 4.30. The molecule has 0 N–H and O–H groups in total. The SMILES string of the molecule is CC12CCC1CN(C(=O)OCc1ccccc1)C2. The van der Waals surface area contributed by atoms with Crippen LogP contribution in [0.5, 0.6) is 0 Å². The van der Waals surface area contributed by atoms with Crippen molar-refractivity contribution in [3.8, 4) is 0 Å². The quantitative estimate of drug-likeness (QED) is 0.801. The van der Waals surface area contributed by atoms with Crippen LogP contribution in [0.3, 0.4) is 0 Å². The van der Waals surface area contributed by atoms with Crippen molar-refractivity contribution in [1.82, 2.24) is 4.90 Å². The van der Waals surface area contributed by atoms with E-state index in [1.807, 2.05) is 35.2 Å². The van der Waals surface area contributed by atoms with Crippen LogP contribution < -0.4 is 0 Å². The molecule has 1 saturated heterocycles. The molecule has 1 aromatic rings. The molecule has 1 aliphatic heterocycles. The van der Waals surface area contributed by atoms with Gasteiger partial charge in [-0.3, -0.25) is 0 Å². The molecule has 0 aromatic heterocycles. The van der Waals surface area contributed by atoms with Gasteiger partial charge in [-0.2, -0.15) is 0 Å². The maximum absolute atomic E-state index is 12.0. The fourth-order valence-electron chi connectivity index (χ4n) is 3.08. The normalized spacial score (nSPS) is 29.6. The summed E-state index contributed by atoms with van der Waals surface area (Å²) in [6.07, 6.45) is 2.36. The van der Waals surface area contributed by atoms with E-state index in [4.69, 9.17) is 4.74 Å². The molecule has 1 amide bonds. The summed E-state index contributed by atoms with van der Waals surface area (Å²) in [6.45, 7) is 4.40. The summed E-state index contributed by atoms with van der Waals surface area (Å²) in [4.78, 5) is 13.9. The first kappa shape index (κ1) is 11.6. The highest BCUT2D eigenvalue weighted by Gasteiger charge is 2.50. The third kappa shape index (κ3) is 1.98. The molecule has 2 aliphatic rings. The molecule has 0 bridgehead atoms. The fraction of sp³-hybridized carbons (Fsp3) is 0.533. The van der Waals surface area contributed by atoms with E-state index < -0.39 is 0 Å². The predicted octanol–water partition coefficient (Wildman–Crippen LogP) is 3.06. The van der Waals surface area contributed by atoms with Crippen LogP contribution in [0.4, 0.5) is 4.79 Å². The average Bonchev–Trinajstić information content (AvgIpc) is 2.62. The molecule has 1 heterocycles. The van der Waals surface area contributed by atoms with Gasteiger partial charge in [-0.15, -0.1) is 0 Å². The highest BCUT2D eigenvalue weighted by Crippen LogP contribution is 2.51. The van der Waals surface area contributed by atoms with Crippen LogP contribution in [0.25, 0.3) is 0 Å². The van der Waals surface area contributed by atoms with E-state index in [1.165, 1.54) is 12.8 Å². The Morgan fingerprint density at radius 3 is 2.78 bits per heavy atom. The minimum Gasteiger partial charge on any atom is -0.445 e. The molecule has 96 valence electrons. The van der Waals surface area contributed by atoms with E-state index in [0.717, 1.165) is 18.7 Å². The number of rotatable bonds is 2. The van der Waals surface area contributed by atoms with Gasteiger partial charge in [0.25, 0.3) is 0 Å². The maximum atomic E-state index is 12.0. The second-order valence-electron chi connectivity index (χ2n) is 5.81. The Morgan fingerprint density at radius 2 is 2.22 bits per heavy atom. The van der Waals surface area contributed by atoms with E-state index in [0.29, 0.717) is 17.9 Å². The van der Waals surface area contributed by atoms with E-state index in [2.05, 4.69) is 6.92 Å². The van der Waals surface area contributed by atoms with Gasteiger partial charge in [0.2, 0.25) is 0 Å². The molecule has 3 heteroatoms. The van der Waals surface area contributed by atoms with Gasteiger partial charge >= 0.3 is 6.09 Å². The second-order valence-corrected chi connectivity index (χ2v) is 5.81. The number of carbonyl (C=O) groups is 1. The lowest BCUT2D eigenvalue weighted by molar-refractivity contribution is 0.0949. The van der Waals surface area contributed by atoms with Crippen LogP contribution in [0, 0.1) is 11.3 Å². The summed E-state index contributed by atoms with van der Waals surface area (Å²) in [6, 6.07) is 9.83. The highest BCUT2D eigenvalue weighted by molar-refractivity contribution is 5.68. The maximum Gasteiger partial charge on any atom is 0.410 e. The molecule has 2 fully saturated rings. The molecular weight excluding hydrogens is 226 g/mol. The zero-order valence-electron chi connectivity index (χ0n) is 10.8. The Labute approximate surface area is 108 Å². The summed E-state index contributed by atoms with van der Waals surface area (Å²) in [7, 11) is 0. The Hall–Kier alpha value is -1.51. The number of nitrogens with zero attached hydrogens (tertiary/aromatic N) is 1. The molecule has 0 radical (unpaired) electrons. The summed E-state index contributed by atoms with van der Waals surface area (Å²) in [5, 5.41) is 0. The van der Waals surface area contributed by atoms with Crippen LogP contribution in [0.15, 0.2) is 30.3 Å². The lowest BCUT2D eigenvalue weighted by Crippen LogP contribution is -2.36. The lowest BCUT2D eigenvalue weighted by Gasteiger charge is -2.40. The first-order chi connectivity index (χ1) is 8.67. The molecule has 1 saturated carbocycles. The Kier molecular flexibility index (Phi) is 2.77. The van der Waals surface area contributed by atoms with E-state index in [9.17, 15) is 4.79 Å². The van der Waals surface area contributed by atoms with Gasteiger partial charge < -0.3 is 9.64 Å². The monoisotopic (exact) mass is 245 g/mol. The Bertz CT molecular complexity index is 445. The molecule has 0 spiro atoms.